The number of hydrogen-bond acceptors (Lipinski definition) is 2. The molecule has 0 spiro atoms. The minimum absolute atomic E-state index is 0.148. The molecule has 0 heterocycles. The zero-order valence-electron chi connectivity index (χ0n) is 11.7. The molecule has 2 nitrogen and oxygen atoms in total. The zero-order chi connectivity index (χ0) is 13.5. The fourth-order valence-corrected chi connectivity index (χ4v) is 2.16. The van der Waals surface area contributed by atoms with Crippen molar-refractivity contribution in [2.45, 2.75) is 39.7 Å². The van der Waals surface area contributed by atoms with E-state index in [0.717, 1.165) is 43.6 Å². The van der Waals surface area contributed by atoms with E-state index in [1.165, 1.54) is 6.07 Å². The summed E-state index contributed by atoms with van der Waals surface area (Å²) in [5.74, 6) is -0.173. The molecule has 0 radical (unpaired) electrons. The van der Waals surface area contributed by atoms with Crippen molar-refractivity contribution in [1.29, 1.82) is 0 Å². The number of nitrogens with two attached hydrogens (primary N) is 1. The van der Waals surface area contributed by atoms with E-state index in [-0.39, 0.29) is 11.9 Å². The minimum atomic E-state index is -0.173. The molecule has 1 unspecified atom stereocenters. The van der Waals surface area contributed by atoms with Gasteiger partial charge in [0.1, 0.15) is 5.82 Å². The predicted octanol–water partition coefficient (Wildman–Crippen LogP) is 2.74. The Kier molecular flexibility index (Phi) is 6.30. The van der Waals surface area contributed by atoms with Gasteiger partial charge in [-0.1, -0.05) is 19.9 Å². The summed E-state index contributed by atoms with van der Waals surface area (Å²) in [5.41, 5.74) is 8.30. The number of rotatable bonds is 7. The summed E-state index contributed by atoms with van der Waals surface area (Å²) in [6, 6.07) is 5.09. The Labute approximate surface area is 110 Å². The van der Waals surface area contributed by atoms with E-state index in [0.29, 0.717) is 0 Å². The molecule has 0 aliphatic carbocycles. The van der Waals surface area contributed by atoms with Crippen molar-refractivity contribution in [3.05, 3.63) is 35.1 Å². The average Bonchev–Trinajstić information content (AvgIpc) is 2.34. The summed E-state index contributed by atoms with van der Waals surface area (Å²) in [6.07, 6.45) is 1.81. The van der Waals surface area contributed by atoms with Crippen molar-refractivity contribution in [2.75, 3.05) is 19.6 Å². The van der Waals surface area contributed by atoms with Crippen LogP contribution < -0.4 is 5.73 Å². The zero-order valence-corrected chi connectivity index (χ0v) is 11.7. The fourth-order valence-electron chi connectivity index (χ4n) is 2.16. The topological polar surface area (TPSA) is 29.3 Å². The van der Waals surface area contributed by atoms with Crippen molar-refractivity contribution in [1.82, 2.24) is 4.90 Å². The Bertz CT molecular complexity index is 362. The first-order chi connectivity index (χ1) is 8.56. The smallest absolute Gasteiger partial charge is 0.123 e. The van der Waals surface area contributed by atoms with Crippen LogP contribution in [-0.2, 0) is 6.42 Å². The summed E-state index contributed by atoms with van der Waals surface area (Å²) >= 11 is 0. The number of hydrogen-bond donors (Lipinski definition) is 1. The molecule has 1 atom stereocenters. The Morgan fingerprint density at radius 3 is 2.50 bits per heavy atom. The van der Waals surface area contributed by atoms with Crippen LogP contribution in [0.2, 0.25) is 0 Å². The third-order valence-corrected chi connectivity index (χ3v) is 3.50. The Hall–Kier alpha value is -0.930. The van der Waals surface area contributed by atoms with Gasteiger partial charge in [0.05, 0.1) is 0 Å². The van der Waals surface area contributed by atoms with Crippen LogP contribution >= 0.6 is 0 Å². The molecule has 0 amide bonds. The van der Waals surface area contributed by atoms with E-state index in [2.05, 4.69) is 18.7 Å². The molecule has 0 aliphatic heterocycles. The second-order valence-corrected chi connectivity index (χ2v) is 4.85. The third-order valence-electron chi connectivity index (χ3n) is 3.50. The SMILES string of the molecule is CCN(CC)CCC(N)Cc1ccc(F)cc1C. The molecule has 3 heteroatoms. The van der Waals surface area contributed by atoms with Crippen LogP contribution in [0.4, 0.5) is 4.39 Å². The molecule has 1 rings (SSSR count). The van der Waals surface area contributed by atoms with Gasteiger partial charge in [0, 0.05) is 6.04 Å². The van der Waals surface area contributed by atoms with Crippen LogP contribution in [0.25, 0.3) is 0 Å². The summed E-state index contributed by atoms with van der Waals surface area (Å²) in [4.78, 5) is 2.37. The van der Waals surface area contributed by atoms with Crippen LogP contribution in [0.3, 0.4) is 0 Å². The standard InChI is InChI=1S/C15H25FN2/c1-4-18(5-2)9-8-15(17)11-13-6-7-14(16)10-12(13)3/h6-7,10,15H,4-5,8-9,11,17H2,1-3H3. The van der Waals surface area contributed by atoms with E-state index < -0.39 is 0 Å². The second-order valence-electron chi connectivity index (χ2n) is 4.85. The third kappa shape index (κ3) is 4.75. The van der Waals surface area contributed by atoms with Crippen LogP contribution in [0.15, 0.2) is 18.2 Å². The molecule has 0 saturated carbocycles. The maximum absolute atomic E-state index is 13.0. The summed E-state index contributed by atoms with van der Waals surface area (Å²) in [6.45, 7) is 9.44. The molecule has 2 N–H and O–H groups in total. The molecular formula is C15H25FN2. The van der Waals surface area contributed by atoms with E-state index in [1.54, 1.807) is 6.07 Å². The highest BCUT2D eigenvalue weighted by Crippen LogP contribution is 2.13. The van der Waals surface area contributed by atoms with Crippen LogP contribution in [0, 0.1) is 12.7 Å². The quantitative estimate of drug-likeness (QED) is 0.808. The molecule has 0 fully saturated rings. The number of aryl methyl sites for hydroxylation is 1. The maximum Gasteiger partial charge on any atom is 0.123 e. The Morgan fingerprint density at radius 1 is 1.28 bits per heavy atom. The van der Waals surface area contributed by atoms with Gasteiger partial charge in [-0.05, 0) is 62.7 Å². The average molecular weight is 252 g/mol. The van der Waals surface area contributed by atoms with Gasteiger partial charge >= 0.3 is 0 Å². The first kappa shape index (κ1) is 15.1. The van der Waals surface area contributed by atoms with Crippen molar-refractivity contribution in [3.8, 4) is 0 Å². The molecular weight excluding hydrogens is 227 g/mol. The number of nitrogens with zero attached hydrogens (tertiary/aromatic N) is 1. The van der Waals surface area contributed by atoms with Gasteiger partial charge in [-0.2, -0.15) is 0 Å². The Balaban J connectivity index is 2.46. The van der Waals surface area contributed by atoms with Crippen molar-refractivity contribution in [3.63, 3.8) is 0 Å². The lowest BCUT2D eigenvalue weighted by Gasteiger charge is -2.21. The van der Waals surface area contributed by atoms with Crippen LogP contribution in [-0.4, -0.2) is 30.6 Å². The van der Waals surface area contributed by atoms with Gasteiger partial charge in [0.15, 0.2) is 0 Å². The lowest BCUT2D eigenvalue weighted by Crippen LogP contribution is -2.31. The van der Waals surface area contributed by atoms with E-state index in [4.69, 9.17) is 5.73 Å². The van der Waals surface area contributed by atoms with E-state index in [9.17, 15) is 4.39 Å². The molecule has 102 valence electrons. The number of halogens is 1. The summed E-state index contributed by atoms with van der Waals surface area (Å²) < 4.78 is 13.0. The molecule has 0 bridgehead atoms. The molecule has 0 aromatic heterocycles. The van der Waals surface area contributed by atoms with Gasteiger partial charge in [0.25, 0.3) is 0 Å². The van der Waals surface area contributed by atoms with Gasteiger partial charge in [-0.3, -0.25) is 0 Å². The van der Waals surface area contributed by atoms with Crippen molar-refractivity contribution >= 4 is 0 Å². The lowest BCUT2D eigenvalue weighted by atomic mass is 9.99. The van der Waals surface area contributed by atoms with E-state index in [1.807, 2.05) is 13.0 Å². The monoisotopic (exact) mass is 252 g/mol. The van der Waals surface area contributed by atoms with Gasteiger partial charge in [0.2, 0.25) is 0 Å². The molecule has 0 aliphatic rings. The highest BCUT2D eigenvalue weighted by molar-refractivity contribution is 5.27. The molecule has 1 aromatic rings. The first-order valence-electron chi connectivity index (χ1n) is 6.79. The van der Waals surface area contributed by atoms with Crippen LogP contribution in [0.5, 0.6) is 0 Å². The molecule has 18 heavy (non-hydrogen) atoms. The van der Waals surface area contributed by atoms with Gasteiger partial charge < -0.3 is 10.6 Å². The molecule has 1 aromatic carbocycles. The highest BCUT2D eigenvalue weighted by Gasteiger charge is 2.08. The van der Waals surface area contributed by atoms with Crippen LogP contribution in [0.1, 0.15) is 31.4 Å². The van der Waals surface area contributed by atoms with E-state index >= 15 is 0 Å². The predicted molar refractivity (Wildman–Crippen MR) is 75.2 cm³/mol. The first-order valence-corrected chi connectivity index (χ1v) is 6.79. The number of benzene rings is 1. The van der Waals surface area contributed by atoms with Crippen molar-refractivity contribution < 1.29 is 4.39 Å². The maximum atomic E-state index is 13.0. The summed E-state index contributed by atoms with van der Waals surface area (Å²) in [7, 11) is 0. The summed E-state index contributed by atoms with van der Waals surface area (Å²) in [5, 5.41) is 0. The normalized spacial score (nSPS) is 13.0. The highest BCUT2D eigenvalue weighted by atomic mass is 19.1. The minimum Gasteiger partial charge on any atom is -0.327 e. The molecule has 0 saturated heterocycles. The van der Waals surface area contributed by atoms with Gasteiger partial charge in [-0.15, -0.1) is 0 Å². The Morgan fingerprint density at radius 2 is 1.94 bits per heavy atom. The van der Waals surface area contributed by atoms with Crippen molar-refractivity contribution in [2.24, 2.45) is 5.73 Å². The fraction of sp³-hybridized carbons (Fsp3) is 0.600. The lowest BCUT2D eigenvalue weighted by molar-refractivity contribution is 0.290. The second kappa shape index (κ2) is 7.49. The largest absolute Gasteiger partial charge is 0.327 e. The van der Waals surface area contributed by atoms with Gasteiger partial charge in [-0.25, -0.2) is 4.39 Å².